The van der Waals surface area contributed by atoms with Crippen LogP contribution in [0.3, 0.4) is 0 Å². The van der Waals surface area contributed by atoms with Crippen LogP contribution in [0.2, 0.25) is 0 Å². The molecule has 9 heteroatoms. The van der Waals surface area contributed by atoms with Gasteiger partial charge in [0.05, 0.1) is 0 Å². The number of halogens is 4. The number of benzene rings is 1. The van der Waals surface area contributed by atoms with E-state index < -0.39 is 17.8 Å². The number of alkyl halides is 3. The van der Waals surface area contributed by atoms with E-state index >= 15 is 0 Å². The van der Waals surface area contributed by atoms with Gasteiger partial charge >= 0.3 is 6.18 Å². The van der Waals surface area contributed by atoms with Crippen molar-refractivity contribution in [3.63, 3.8) is 0 Å². The quantitative estimate of drug-likeness (QED) is 0.684. The third kappa shape index (κ3) is 2.24. The molecule has 0 saturated heterocycles. The Morgan fingerprint density at radius 2 is 1.90 bits per heavy atom. The molecule has 0 fully saturated rings. The minimum atomic E-state index is -4.62. The van der Waals surface area contributed by atoms with Gasteiger partial charge in [0.2, 0.25) is 4.96 Å². The summed E-state index contributed by atoms with van der Waals surface area (Å²) in [5.41, 5.74) is 0.367. The van der Waals surface area contributed by atoms with Crippen molar-refractivity contribution in [1.29, 1.82) is 0 Å². The highest BCUT2D eigenvalue weighted by molar-refractivity contribution is 7.16. The summed E-state index contributed by atoms with van der Waals surface area (Å²) in [5, 5.41) is 10.6. The highest BCUT2D eigenvalue weighted by atomic mass is 32.1. The van der Waals surface area contributed by atoms with Gasteiger partial charge in [-0.1, -0.05) is 29.5 Å². The van der Waals surface area contributed by atoms with Crippen LogP contribution >= 0.6 is 11.3 Å². The molecular weight excluding hydrogens is 296 g/mol. The van der Waals surface area contributed by atoms with Crippen molar-refractivity contribution in [3.8, 4) is 0 Å². The zero-order valence-electron chi connectivity index (χ0n) is 9.73. The normalized spacial score (nSPS) is 12.2. The van der Waals surface area contributed by atoms with Gasteiger partial charge < -0.3 is 0 Å². The van der Waals surface area contributed by atoms with Gasteiger partial charge in [-0.25, -0.2) is 4.39 Å². The maximum absolute atomic E-state index is 13.5. The van der Waals surface area contributed by atoms with Crippen LogP contribution < -0.4 is 0 Å². The maximum Gasteiger partial charge on any atom is 0.453 e. The molecule has 0 amide bonds. The van der Waals surface area contributed by atoms with Crippen molar-refractivity contribution < 1.29 is 17.6 Å². The fourth-order valence-corrected chi connectivity index (χ4v) is 2.57. The second kappa shape index (κ2) is 4.51. The van der Waals surface area contributed by atoms with Gasteiger partial charge in [-0.3, -0.25) is 0 Å². The Morgan fingerprint density at radius 3 is 2.60 bits per heavy atom. The van der Waals surface area contributed by atoms with Gasteiger partial charge in [0.15, 0.2) is 0 Å². The van der Waals surface area contributed by atoms with Gasteiger partial charge in [-0.15, -0.1) is 10.2 Å². The van der Waals surface area contributed by atoms with Crippen LogP contribution in [0.5, 0.6) is 0 Å². The third-order valence-corrected chi connectivity index (χ3v) is 3.48. The van der Waals surface area contributed by atoms with Crippen LogP contribution in [0.1, 0.15) is 16.4 Å². The lowest BCUT2D eigenvalue weighted by molar-refractivity contribution is -0.146. The Hall–Kier alpha value is -2.03. The number of fused-ring (bicyclic) bond motifs is 1. The van der Waals surface area contributed by atoms with Crippen molar-refractivity contribution in [2.24, 2.45) is 0 Å². The molecule has 0 saturated carbocycles. The average Bonchev–Trinajstić information content (AvgIpc) is 2.90. The minimum absolute atomic E-state index is 0.0312. The Balaban J connectivity index is 1.98. The average molecular weight is 302 g/mol. The number of hydrogen-bond acceptors (Lipinski definition) is 4. The van der Waals surface area contributed by atoms with E-state index in [-0.39, 0.29) is 11.4 Å². The Kier molecular flexibility index (Phi) is 2.93. The second-order valence-corrected chi connectivity index (χ2v) is 5.02. The first kappa shape index (κ1) is 13.0. The Morgan fingerprint density at radius 1 is 1.15 bits per heavy atom. The molecule has 3 aromatic rings. The van der Waals surface area contributed by atoms with E-state index in [9.17, 15) is 17.6 Å². The molecule has 0 unspecified atom stereocenters. The molecule has 20 heavy (non-hydrogen) atoms. The monoisotopic (exact) mass is 302 g/mol. The molecule has 0 atom stereocenters. The predicted octanol–water partition coefficient (Wildman–Crippen LogP) is 2.93. The first-order valence-corrected chi connectivity index (χ1v) is 6.28. The van der Waals surface area contributed by atoms with Crippen LogP contribution in [0.25, 0.3) is 4.96 Å². The molecular formula is C11H6F4N4S. The smallest absolute Gasteiger partial charge is 0.207 e. The first-order valence-electron chi connectivity index (χ1n) is 5.47. The second-order valence-electron chi connectivity index (χ2n) is 3.98. The van der Waals surface area contributed by atoms with Crippen LogP contribution in [0, 0.1) is 5.82 Å². The number of hydrogen-bond donors (Lipinski definition) is 0. The highest BCUT2D eigenvalue weighted by Crippen LogP contribution is 2.29. The molecule has 0 radical (unpaired) electrons. The molecule has 4 nitrogen and oxygen atoms in total. The molecule has 104 valence electrons. The summed E-state index contributed by atoms with van der Waals surface area (Å²) < 4.78 is 52.0. The predicted molar refractivity (Wildman–Crippen MR) is 62.9 cm³/mol. The summed E-state index contributed by atoms with van der Waals surface area (Å²) in [6.45, 7) is 0. The van der Waals surface area contributed by atoms with Gasteiger partial charge in [-0.05, 0) is 11.6 Å². The number of aromatic nitrogens is 4. The van der Waals surface area contributed by atoms with Crippen LogP contribution in [0.4, 0.5) is 17.6 Å². The highest BCUT2D eigenvalue weighted by Gasteiger charge is 2.38. The molecule has 1 aromatic carbocycles. The first-order chi connectivity index (χ1) is 9.45. The summed E-state index contributed by atoms with van der Waals surface area (Å²) in [7, 11) is 0. The minimum Gasteiger partial charge on any atom is -0.207 e. The lowest BCUT2D eigenvalue weighted by Crippen LogP contribution is -2.11. The lowest BCUT2D eigenvalue weighted by atomic mass is 10.1. The standard InChI is InChI=1S/C11H6F4N4S/c12-7-4-2-1-3-6(7)5-8-18-19-9(11(13,14)15)16-17-10(19)20-8/h1-4H,5H2. The van der Waals surface area contributed by atoms with Crippen LogP contribution in [-0.2, 0) is 12.6 Å². The van der Waals surface area contributed by atoms with Crippen molar-refractivity contribution in [2.75, 3.05) is 0 Å². The van der Waals surface area contributed by atoms with E-state index in [2.05, 4.69) is 15.3 Å². The van der Waals surface area contributed by atoms with E-state index in [1.54, 1.807) is 18.2 Å². The fraction of sp³-hybridized carbons (Fsp3) is 0.182. The Labute approximate surface area is 113 Å². The number of rotatable bonds is 2. The molecule has 0 N–H and O–H groups in total. The molecule has 0 aliphatic carbocycles. The zero-order valence-corrected chi connectivity index (χ0v) is 10.5. The van der Waals surface area contributed by atoms with Gasteiger partial charge in [-0.2, -0.15) is 22.8 Å². The van der Waals surface area contributed by atoms with E-state index in [4.69, 9.17) is 0 Å². The largest absolute Gasteiger partial charge is 0.453 e. The van der Waals surface area contributed by atoms with Crippen molar-refractivity contribution in [2.45, 2.75) is 12.6 Å². The topological polar surface area (TPSA) is 43.1 Å². The van der Waals surface area contributed by atoms with Gasteiger partial charge in [0.25, 0.3) is 5.82 Å². The maximum atomic E-state index is 13.5. The summed E-state index contributed by atoms with van der Waals surface area (Å²) in [4.78, 5) is 0.0312. The van der Waals surface area contributed by atoms with Crippen molar-refractivity contribution in [1.82, 2.24) is 19.8 Å². The molecule has 2 aromatic heterocycles. The van der Waals surface area contributed by atoms with Crippen LogP contribution in [0.15, 0.2) is 24.3 Å². The SMILES string of the molecule is Fc1ccccc1Cc1nn2c(C(F)(F)F)nnc2s1. The summed E-state index contributed by atoms with van der Waals surface area (Å²) in [5.74, 6) is -1.60. The summed E-state index contributed by atoms with van der Waals surface area (Å²) in [6, 6.07) is 6.04. The zero-order chi connectivity index (χ0) is 14.3. The molecule has 2 heterocycles. The summed E-state index contributed by atoms with van der Waals surface area (Å²) >= 11 is 0.949. The summed E-state index contributed by atoms with van der Waals surface area (Å²) in [6.07, 6.45) is -4.51. The number of nitrogens with zero attached hydrogens (tertiary/aromatic N) is 4. The van der Waals surface area contributed by atoms with E-state index in [1.807, 2.05) is 0 Å². The van der Waals surface area contributed by atoms with E-state index in [0.29, 0.717) is 15.1 Å². The Bertz CT molecular complexity index is 761. The van der Waals surface area contributed by atoms with E-state index in [0.717, 1.165) is 11.3 Å². The van der Waals surface area contributed by atoms with Crippen molar-refractivity contribution >= 4 is 16.3 Å². The molecule has 0 aliphatic heterocycles. The van der Waals surface area contributed by atoms with E-state index in [1.165, 1.54) is 6.07 Å². The van der Waals surface area contributed by atoms with Gasteiger partial charge in [0, 0.05) is 6.42 Å². The van der Waals surface area contributed by atoms with Gasteiger partial charge in [0.1, 0.15) is 10.8 Å². The lowest BCUT2D eigenvalue weighted by Gasteiger charge is -2.01. The molecule has 0 bridgehead atoms. The fourth-order valence-electron chi connectivity index (χ4n) is 1.71. The molecule has 0 aliphatic rings. The van der Waals surface area contributed by atoms with Crippen molar-refractivity contribution in [3.05, 3.63) is 46.5 Å². The molecule has 3 rings (SSSR count). The third-order valence-electron chi connectivity index (χ3n) is 2.59. The molecule has 0 spiro atoms. The van der Waals surface area contributed by atoms with Crippen LogP contribution in [-0.4, -0.2) is 19.8 Å².